The van der Waals surface area contributed by atoms with Crippen LogP contribution >= 0.6 is 39.9 Å². The van der Waals surface area contributed by atoms with Crippen LogP contribution in [0.15, 0.2) is 51.8 Å². The Morgan fingerprint density at radius 3 is 2.68 bits per heavy atom. The number of carbonyl (C=O) groups is 2. The number of methoxy groups -OCH3 is 1. The molecule has 0 aromatic heterocycles. The van der Waals surface area contributed by atoms with Crippen LogP contribution in [0.4, 0.5) is 10.5 Å². The third-order valence-corrected chi connectivity index (χ3v) is 5.93. The summed E-state index contributed by atoms with van der Waals surface area (Å²) in [6.45, 7) is 0.648. The van der Waals surface area contributed by atoms with Crippen molar-refractivity contribution in [2.24, 2.45) is 0 Å². The second kappa shape index (κ2) is 10.7. The first-order chi connectivity index (χ1) is 14.9. The largest absolute Gasteiger partial charge is 0.497 e. The zero-order valence-electron chi connectivity index (χ0n) is 16.8. The molecule has 0 unspecified atom stereocenters. The Labute approximate surface area is 198 Å². The van der Waals surface area contributed by atoms with Gasteiger partial charge < -0.3 is 25.0 Å². The van der Waals surface area contributed by atoms with Gasteiger partial charge >= 0.3 is 6.03 Å². The van der Waals surface area contributed by atoms with Crippen LogP contribution < -0.4 is 20.1 Å². The van der Waals surface area contributed by atoms with Crippen LogP contribution in [0, 0.1) is 0 Å². The maximum atomic E-state index is 12.4. The number of thioether (sulfide) groups is 1. The lowest BCUT2D eigenvalue weighted by Gasteiger charge is -2.19. The molecule has 10 heteroatoms. The number of hydrogen-bond acceptors (Lipinski definition) is 6. The zero-order valence-corrected chi connectivity index (χ0v) is 20.0. The van der Waals surface area contributed by atoms with Crippen LogP contribution in [0.1, 0.15) is 5.56 Å². The number of carbonyl (C=O) groups excluding carboxylic acids is 2. The summed E-state index contributed by atoms with van der Waals surface area (Å²) >= 11 is 9.68. The lowest BCUT2D eigenvalue weighted by atomic mass is 10.2. The van der Waals surface area contributed by atoms with E-state index in [1.54, 1.807) is 44.5 Å². The number of nitrogens with zero attached hydrogens (tertiary/aromatic N) is 1. The molecule has 0 saturated carbocycles. The fourth-order valence-corrected chi connectivity index (χ4v) is 4.03. The molecule has 1 saturated heterocycles. The first-order valence-corrected chi connectivity index (χ1v) is 11.2. The summed E-state index contributed by atoms with van der Waals surface area (Å²) in [7, 11) is 3.28. The topological polar surface area (TPSA) is 79.9 Å². The van der Waals surface area contributed by atoms with E-state index in [0.717, 1.165) is 15.8 Å². The molecule has 3 rings (SSSR count). The number of nitrogens with one attached hydrogen (secondary N) is 2. The number of thiocarbonyl (C=S) groups is 1. The van der Waals surface area contributed by atoms with Crippen molar-refractivity contribution in [1.82, 2.24) is 10.2 Å². The average Bonchev–Trinajstić information content (AvgIpc) is 3.06. The molecule has 2 aromatic rings. The Morgan fingerprint density at radius 2 is 2.03 bits per heavy atom. The van der Waals surface area contributed by atoms with E-state index in [1.807, 2.05) is 18.2 Å². The van der Waals surface area contributed by atoms with Crippen LogP contribution in [0.25, 0.3) is 6.08 Å². The van der Waals surface area contributed by atoms with Crippen molar-refractivity contribution in [3.8, 4) is 11.5 Å². The van der Waals surface area contributed by atoms with Crippen molar-refractivity contribution in [2.75, 3.05) is 32.6 Å². The number of benzene rings is 2. The van der Waals surface area contributed by atoms with E-state index in [-0.39, 0.29) is 18.5 Å². The molecule has 0 radical (unpaired) electrons. The third kappa shape index (κ3) is 6.46. The quantitative estimate of drug-likeness (QED) is 0.412. The Hall–Kier alpha value is -2.56. The number of halogens is 1. The highest BCUT2D eigenvalue weighted by atomic mass is 79.9. The molecule has 0 spiro atoms. The Kier molecular flexibility index (Phi) is 7.94. The number of amides is 3. The summed E-state index contributed by atoms with van der Waals surface area (Å²) in [6.07, 6.45) is 1.74. The summed E-state index contributed by atoms with van der Waals surface area (Å²) in [5, 5.41) is 5.41. The summed E-state index contributed by atoms with van der Waals surface area (Å²) in [5.41, 5.74) is 1.41. The highest BCUT2D eigenvalue weighted by Gasteiger charge is 2.22. The van der Waals surface area contributed by atoms with Crippen LogP contribution in [0.5, 0.6) is 11.5 Å². The van der Waals surface area contributed by atoms with Gasteiger partial charge in [-0.25, -0.2) is 4.79 Å². The number of hydrogen-bond donors (Lipinski definition) is 2. The van der Waals surface area contributed by atoms with Gasteiger partial charge in [0.25, 0.3) is 5.91 Å². The Morgan fingerprint density at radius 1 is 1.29 bits per heavy atom. The maximum Gasteiger partial charge on any atom is 0.321 e. The highest BCUT2D eigenvalue weighted by molar-refractivity contribution is 9.10. The summed E-state index contributed by atoms with van der Waals surface area (Å²) < 4.78 is 12.3. The molecule has 3 amide bonds. The van der Waals surface area contributed by atoms with Crippen molar-refractivity contribution in [3.05, 3.63) is 57.4 Å². The molecule has 0 atom stereocenters. The number of rotatable bonds is 7. The van der Waals surface area contributed by atoms with Crippen LogP contribution in [-0.2, 0) is 4.79 Å². The van der Waals surface area contributed by atoms with Crippen molar-refractivity contribution >= 4 is 67.9 Å². The summed E-state index contributed by atoms with van der Waals surface area (Å²) in [5.74, 6) is 1.09. The van der Waals surface area contributed by atoms with E-state index in [2.05, 4.69) is 26.6 Å². The molecule has 7 nitrogen and oxygen atoms in total. The molecular formula is C21H20BrN3O4S2. The maximum absolute atomic E-state index is 12.4. The molecule has 31 heavy (non-hydrogen) atoms. The number of anilines is 1. The molecule has 162 valence electrons. The van der Waals surface area contributed by atoms with Crippen LogP contribution in [-0.4, -0.2) is 48.5 Å². The van der Waals surface area contributed by atoms with Crippen LogP contribution in [0.3, 0.4) is 0 Å². The highest BCUT2D eigenvalue weighted by Crippen LogP contribution is 2.31. The third-order valence-electron chi connectivity index (χ3n) is 4.27. The zero-order chi connectivity index (χ0) is 22.4. The minimum absolute atomic E-state index is 0.226. The first kappa shape index (κ1) is 23.1. The molecule has 2 N–H and O–H groups in total. The van der Waals surface area contributed by atoms with E-state index in [4.69, 9.17) is 21.7 Å². The molecular weight excluding hydrogens is 502 g/mol. The van der Waals surface area contributed by atoms with Gasteiger partial charge in [0.1, 0.15) is 22.4 Å². The van der Waals surface area contributed by atoms with Gasteiger partial charge in [0, 0.05) is 22.8 Å². The Balaban J connectivity index is 1.58. The molecule has 1 heterocycles. The van der Waals surface area contributed by atoms with E-state index in [1.165, 1.54) is 16.7 Å². The van der Waals surface area contributed by atoms with Gasteiger partial charge in [0.15, 0.2) is 0 Å². The second-order valence-electron chi connectivity index (χ2n) is 6.46. The predicted molar refractivity (Wildman–Crippen MR) is 131 cm³/mol. The number of likely N-dealkylation sites (N-methyl/N-ethyl adjacent to an activating group) is 1. The van der Waals surface area contributed by atoms with E-state index in [9.17, 15) is 9.59 Å². The predicted octanol–water partition coefficient (Wildman–Crippen LogP) is 4.49. The molecule has 2 aromatic carbocycles. The van der Waals surface area contributed by atoms with Gasteiger partial charge in [-0.1, -0.05) is 39.9 Å². The minimum Gasteiger partial charge on any atom is -0.497 e. The van der Waals surface area contributed by atoms with E-state index >= 15 is 0 Å². The molecule has 0 aliphatic carbocycles. The SMILES string of the molecule is COc1ccc(NC(=O)N(C)CCOc2ccc(Br)cc2/C=C2\SC(=S)NC2=O)cc1. The summed E-state index contributed by atoms with van der Waals surface area (Å²) in [6, 6.07) is 12.4. The summed E-state index contributed by atoms with van der Waals surface area (Å²) in [4.78, 5) is 26.4. The Bertz CT molecular complexity index is 1030. The van der Waals surface area contributed by atoms with Gasteiger partial charge in [-0.2, -0.15) is 0 Å². The number of urea groups is 1. The normalized spacial score (nSPS) is 14.4. The van der Waals surface area contributed by atoms with Gasteiger partial charge in [-0.3, -0.25) is 4.79 Å². The average molecular weight is 522 g/mol. The van der Waals surface area contributed by atoms with Crippen molar-refractivity contribution in [3.63, 3.8) is 0 Å². The lowest BCUT2D eigenvalue weighted by Crippen LogP contribution is -2.34. The number of ether oxygens (including phenoxy) is 2. The smallest absolute Gasteiger partial charge is 0.321 e. The van der Waals surface area contributed by atoms with Crippen molar-refractivity contribution < 1.29 is 19.1 Å². The fraction of sp³-hybridized carbons (Fsp3) is 0.190. The second-order valence-corrected chi connectivity index (χ2v) is 9.10. The van der Waals surface area contributed by atoms with Crippen molar-refractivity contribution in [2.45, 2.75) is 0 Å². The first-order valence-electron chi connectivity index (χ1n) is 9.19. The molecule has 0 bridgehead atoms. The van der Waals surface area contributed by atoms with Gasteiger partial charge in [-0.15, -0.1) is 0 Å². The lowest BCUT2D eigenvalue weighted by molar-refractivity contribution is -0.115. The monoisotopic (exact) mass is 521 g/mol. The van der Waals surface area contributed by atoms with Crippen molar-refractivity contribution in [1.29, 1.82) is 0 Å². The standard InChI is InChI=1S/C21H20BrN3O4S2/c1-25(20(27)23-15-4-6-16(28-2)7-5-15)9-10-29-17-8-3-14(22)11-13(17)12-18-19(26)24-21(30)31-18/h3-8,11-12H,9-10H2,1-2H3,(H,23,27)(H,24,26,30)/b18-12-. The van der Waals surface area contributed by atoms with E-state index in [0.29, 0.717) is 27.2 Å². The van der Waals surface area contributed by atoms with E-state index < -0.39 is 0 Å². The van der Waals surface area contributed by atoms with Crippen LogP contribution in [0.2, 0.25) is 0 Å². The molecule has 1 fully saturated rings. The van der Waals surface area contributed by atoms with Gasteiger partial charge in [0.2, 0.25) is 0 Å². The molecule has 1 aliphatic rings. The van der Waals surface area contributed by atoms with Gasteiger partial charge in [0.05, 0.1) is 18.6 Å². The van der Waals surface area contributed by atoms with Gasteiger partial charge in [-0.05, 0) is 48.5 Å². The molecule has 1 aliphatic heterocycles. The minimum atomic E-state index is -0.251. The fourth-order valence-electron chi connectivity index (χ4n) is 2.61.